The van der Waals surface area contributed by atoms with E-state index in [4.69, 9.17) is 9.47 Å². The van der Waals surface area contributed by atoms with Crippen LogP contribution in [-0.2, 0) is 19.1 Å². The zero-order valence-electron chi connectivity index (χ0n) is 16.8. The van der Waals surface area contributed by atoms with Crippen molar-refractivity contribution in [3.05, 3.63) is 23.8 Å². The fourth-order valence-corrected chi connectivity index (χ4v) is 3.25. The van der Waals surface area contributed by atoms with Crippen molar-refractivity contribution >= 4 is 35.3 Å². The molecule has 2 aliphatic rings. The predicted molar refractivity (Wildman–Crippen MR) is 104 cm³/mol. The van der Waals surface area contributed by atoms with Gasteiger partial charge in [-0.3, -0.25) is 24.1 Å². The van der Waals surface area contributed by atoms with Gasteiger partial charge in [-0.15, -0.1) is 0 Å². The zero-order valence-corrected chi connectivity index (χ0v) is 16.8. The summed E-state index contributed by atoms with van der Waals surface area (Å²) >= 11 is 0. The van der Waals surface area contributed by atoms with Gasteiger partial charge in [0.15, 0.2) is 19.0 Å². The third-order valence-corrected chi connectivity index (χ3v) is 4.96. The van der Waals surface area contributed by atoms with E-state index in [1.807, 2.05) is 6.92 Å². The molecule has 2 N–H and O–H groups in total. The molecular weight excluding hydrogens is 394 g/mol. The molecule has 0 saturated carbocycles. The van der Waals surface area contributed by atoms with E-state index in [-0.39, 0.29) is 18.1 Å². The monoisotopic (exact) mass is 417 g/mol. The normalized spacial score (nSPS) is 20.2. The van der Waals surface area contributed by atoms with Gasteiger partial charge in [0.05, 0.1) is 5.69 Å². The van der Waals surface area contributed by atoms with E-state index in [9.17, 15) is 24.0 Å². The van der Waals surface area contributed by atoms with E-state index in [1.165, 1.54) is 18.2 Å². The van der Waals surface area contributed by atoms with Crippen molar-refractivity contribution in [2.45, 2.75) is 38.6 Å². The van der Waals surface area contributed by atoms with Crippen molar-refractivity contribution in [3.63, 3.8) is 0 Å². The highest BCUT2D eigenvalue weighted by Crippen LogP contribution is 2.28. The summed E-state index contributed by atoms with van der Waals surface area (Å²) in [6.07, 6.45) is 2.08. The molecular formula is C20H23N3O7. The van der Waals surface area contributed by atoms with Gasteiger partial charge in [-0.1, -0.05) is 19.8 Å². The number of hydrogen-bond donors (Lipinski definition) is 2. The van der Waals surface area contributed by atoms with Gasteiger partial charge >= 0.3 is 12.0 Å². The summed E-state index contributed by atoms with van der Waals surface area (Å²) in [5, 5.41) is 5.20. The number of fused-ring (bicyclic) bond motifs is 1. The number of amides is 4. The Morgan fingerprint density at radius 3 is 2.77 bits per heavy atom. The van der Waals surface area contributed by atoms with Gasteiger partial charge in [-0.25, -0.2) is 4.79 Å². The third kappa shape index (κ3) is 4.42. The van der Waals surface area contributed by atoms with Crippen LogP contribution < -0.4 is 15.4 Å². The number of anilines is 1. The molecule has 1 fully saturated rings. The first-order valence-electron chi connectivity index (χ1n) is 9.63. The molecule has 2 aliphatic heterocycles. The molecule has 30 heavy (non-hydrogen) atoms. The largest absolute Gasteiger partial charge is 0.482 e. The van der Waals surface area contributed by atoms with Crippen molar-refractivity contribution < 1.29 is 33.4 Å². The quantitative estimate of drug-likeness (QED) is 0.370. The molecule has 4 amide bonds. The van der Waals surface area contributed by atoms with E-state index >= 15 is 0 Å². The van der Waals surface area contributed by atoms with Gasteiger partial charge in [-0.05, 0) is 31.5 Å². The SMILES string of the molecule is CCCC[C@]1(C)NC(=O)N(CC(=O)OCC(=O)c2ccc3c(c2)NC(=O)CO3)C1=O. The molecule has 1 saturated heterocycles. The lowest BCUT2D eigenvalue weighted by Crippen LogP contribution is -2.44. The summed E-state index contributed by atoms with van der Waals surface area (Å²) in [4.78, 5) is 61.2. The molecule has 0 aliphatic carbocycles. The van der Waals surface area contributed by atoms with Gasteiger partial charge in [0, 0.05) is 5.56 Å². The van der Waals surface area contributed by atoms with Crippen LogP contribution in [0, 0.1) is 0 Å². The van der Waals surface area contributed by atoms with Crippen molar-refractivity contribution in [2.24, 2.45) is 0 Å². The molecule has 0 radical (unpaired) electrons. The first-order chi connectivity index (χ1) is 14.2. The minimum atomic E-state index is -1.04. The highest BCUT2D eigenvalue weighted by molar-refractivity contribution is 6.08. The molecule has 1 atom stereocenters. The van der Waals surface area contributed by atoms with Crippen LogP contribution in [0.1, 0.15) is 43.5 Å². The lowest BCUT2D eigenvalue weighted by molar-refractivity contribution is -0.146. The fraction of sp³-hybridized carbons (Fsp3) is 0.450. The Labute approximate surface area is 172 Å². The Bertz CT molecular complexity index is 914. The molecule has 1 aromatic carbocycles. The average Bonchev–Trinajstić information content (AvgIpc) is 2.93. The summed E-state index contributed by atoms with van der Waals surface area (Å²) in [6, 6.07) is 3.79. The van der Waals surface area contributed by atoms with Crippen LogP contribution in [-0.4, -0.2) is 59.8 Å². The standard InChI is InChI=1S/C20H23N3O7/c1-3-4-7-20(2)18(27)23(19(28)22-20)9-17(26)30-10-14(24)12-5-6-15-13(8-12)21-16(25)11-29-15/h5-6,8H,3-4,7,9-11H2,1-2H3,(H,21,25)(H,22,28)/t20-/m0/s1. The number of unbranched alkanes of at least 4 members (excludes halogenated alkanes) is 1. The van der Waals surface area contributed by atoms with Crippen LogP contribution in [0.2, 0.25) is 0 Å². The highest BCUT2D eigenvalue weighted by atomic mass is 16.5. The van der Waals surface area contributed by atoms with Crippen molar-refractivity contribution in [1.82, 2.24) is 10.2 Å². The number of esters is 1. The van der Waals surface area contributed by atoms with Crippen LogP contribution in [0.5, 0.6) is 5.75 Å². The second-order valence-electron chi connectivity index (χ2n) is 7.39. The molecule has 0 spiro atoms. The minimum Gasteiger partial charge on any atom is -0.482 e. The summed E-state index contributed by atoms with van der Waals surface area (Å²) in [7, 11) is 0. The molecule has 2 heterocycles. The highest BCUT2D eigenvalue weighted by Gasteiger charge is 2.47. The number of benzene rings is 1. The van der Waals surface area contributed by atoms with Crippen molar-refractivity contribution in [3.8, 4) is 5.75 Å². The van der Waals surface area contributed by atoms with E-state index in [0.29, 0.717) is 17.9 Å². The number of nitrogens with zero attached hydrogens (tertiary/aromatic N) is 1. The Balaban J connectivity index is 1.55. The number of Topliss-reactive ketones (excluding diaryl/α,β-unsaturated/α-hetero) is 1. The summed E-state index contributed by atoms with van der Waals surface area (Å²) < 4.78 is 10.2. The number of ketones is 1. The predicted octanol–water partition coefficient (Wildman–Crippen LogP) is 1.24. The van der Waals surface area contributed by atoms with Crippen molar-refractivity contribution in [2.75, 3.05) is 25.1 Å². The number of carbonyl (C=O) groups excluding carboxylic acids is 5. The van der Waals surface area contributed by atoms with Crippen LogP contribution >= 0.6 is 0 Å². The molecule has 160 valence electrons. The van der Waals surface area contributed by atoms with Crippen LogP contribution in [0.25, 0.3) is 0 Å². The second kappa shape index (κ2) is 8.52. The van der Waals surface area contributed by atoms with Gasteiger partial charge in [0.1, 0.15) is 17.8 Å². The molecule has 10 heteroatoms. The maximum Gasteiger partial charge on any atom is 0.326 e. The van der Waals surface area contributed by atoms with E-state index in [1.54, 1.807) is 6.92 Å². The Morgan fingerprint density at radius 1 is 1.27 bits per heavy atom. The van der Waals surface area contributed by atoms with E-state index in [2.05, 4.69) is 10.6 Å². The maximum atomic E-state index is 12.5. The first kappa shape index (κ1) is 21.3. The maximum absolute atomic E-state index is 12.5. The Hall–Kier alpha value is -3.43. The smallest absolute Gasteiger partial charge is 0.326 e. The number of imide groups is 1. The lowest BCUT2D eigenvalue weighted by atomic mass is 9.95. The second-order valence-corrected chi connectivity index (χ2v) is 7.39. The fourth-order valence-electron chi connectivity index (χ4n) is 3.25. The summed E-state index contributed by atoms with van der Waals surface area (Å²) in [6.45, 7) is 2.35. The molecule has 0 unspecified atom stereocenters. The van der Waals surface area contributed by atoms with Crippen LogP contribution in [0.3, 0.4) is 0 Å². The topological polar surface area (TPSA) is 131 Å². The number of carbonyl (C=O) groups is 5. The minimum absolute atomic E-state index is 0.0990. The molecule has 3 rings (SSSR count). The molecule has 1 aromatic rings. The number of ether oxygens (including phenoxy) is 2. The van der Waals surface area contributed by atoms with E-state index < -0.39 is 42.4 Å². The van der Waals surface area contributed by atoms with Gasteiger partial charge in [-0.2, -0.15) is 0 Å². The average molecular weight is 417 g/mol. The Kier molecular flexibility index (Phi) is 6.04. The molecule has 0 aromatic heterocycles. The number of rotatable bonds is 8. The molecule has 0 bridgehead atoms. The van der Waals surface area contributed by atoms with E-state index in [0.717, 1.165) is 17.7 Å². The van der Waals surface area contributed by atoms with Crippen LogP contribution in [0.4, 0.5) is 10.5 Å². The van der Waals surface area contributed by atoms with Crippen molar-refractivity contribution in [1.29, 1.82) is 0 Å². The molecule has 10 nitrogen and oxygen atoms in total. The van der Waals surface area contributed by atoms with Gasteiger partial charge in [0.2, 0.25) is 0 Å². The first-order valence-corrected chi connectivity index (χ1v) is 9.63. The number of hydrogen-bond acceptors (Lipinski definition) is 7. The summed E-state index contributed by atoms with van der Waals surface area (Å²) in [5.74, 6) is -1.77. The van der Waals surface area contributed by atoms with Crippen LogP contribution in [0.15, 0.2) is 18.2 Å². The number of urea groups is 1. The number of nitrogens with one attached hydrogen (secondary N) is 2. The van der Waals surface area contributed by atoms with Gasteiger partial charge < -0.3 is 20.1 Å². The zero-order chi connectivity index (χ0) is 21.9. The van der Waals surface area contributed by atoms with Gasteiger partial charge in [0.25, 0.3) is 11.8 Å². The third-order valence-electron chi connectivity index (χ3n) is 4.96. The Morgan fingerprint density at radius 2 is 2.03 bits per heavy atom. The lowest BCUT2D eigenvalue weighted by Gasteiger charge is -2.21. The summed E-state index contributed by atoms with van der Waals surface area (Å²) in [5.41, 5.74) is -0.470.